The Kier molecular flexibility index (Phi) is 6.53. The van der Waals surface area contributed by atoms with Gasteiger partial charge in [0.1, 0.15) is 0 Å². The van der Waals surface area contributed by atoms with E-state index in [4.69, 9.17) is 0 Å². The summed E-state index contributed by atoms with van der Waals surface area (Å²) in [5.41, 5.74) is 14.5. The topological polar surface area (TPSA) is 9.86 Å². The standard InChI is InChI=1S/C48H32N2/c1-4-12-33(13-5-1)35-20-22-36(23-21-35)37-24-27-40(28-25-37)50-43-19-11-10-18-41(43)47-45(50)30-31-46-48(47)42-32-38(34-14-6-2-7-15-34)26-29-44(42)49(46)39-16-8-3-9-17-39/h1-32H. The molecule has 2 heterocycles. The Hall–Kier alpha value is -6.64. The minimum atomic E-state index is 1.15. The van der Waals surface area contributed by atoms with Crippen LogP contribution in [0.3, 0.4) is 0 Å². The third-order valence-electron chi connectivity index (χ3n) is 10.1. The van der Waals surface area contributed by atoms with Crippen molar-refractivity contribution in [1.29, 1.82) is 0 Å². The van der Waals surface area contributed by atoms with E-state index in [0.29, 0.717) is 0 Å². The molecule has 10 rings (SSSR count). The lowest BCUT2D eigenvalue weighted by molar-refractivity contribution is 1.17. The molecule has 0 bridgehead atoms. The second-order valence-electron chi connectivity index (χ2n) is 13.0. The molecule has 8 aromatic carbocycles. The molecule has 10 aromatic rings. The van der Waals surface area contributed by atoms with Crippen molar-refractivity contribution >= 4 is 43.6 Å². The molecule has 0 amide bonds. The summed E-state index contributed by atoms with van der Waals surface area (Å²) in [5, 5.41) is 5.08. The number of aromatic nitrogens is 2. The number of benzene rings is 8. The molecule has 0 aliphatic heterocycles. The van der Waals surface area contributed by atoms with Crippen LogP contribution in [0.15, 0.2) is 194 Å². The number of fused-ring (bicyclic) bond motifs is 7. The van der Waals surface area contributed by atoms with E-state index < -0.39 is 0 Å². The normalized spacial score (nSPS) is 11.6. The van der Waals surface area contributed by atoms with Gasteiger partial charge >= 0.3 is 0 Å². The van der Waals surface area contributed by atoms with Gasteiger partial charge in [-0.25, -0.2) is 0 Å². The number of hydrogen-bond donors (Lipinski definition) is 0. The molecule has 234 valence electrons. The van der Waals surface area contributed by atoms with Crippen LogP contribution in [0.5, 0.6) is 0 Å². The second kappa shape index (κ2) is 11.5. The summed E-state index contributed by atoms with van der Waals surface area (Å²) >= 11 is 0. The van der Waals surface area contributed by atoms with Crippen LogP contribution in [0.2, 0.25) is 0 Å². The Bertz CT molecular complexity index is 2810. The van der Waals surface area contributed by atoms with Gasteiger partial charge < -0.3 is 9.13 Å². The average molecular weight is 637 g/mol. The lowest BCUT2D eigenvalue weighted by Gasteiger charge is -2.10. The monoisotopic (exact) mass is 636 g/mol. The molecule has 0 radical (unpaired) electrons. The molecule has 2 aromatic heterocycles. The van der Waals surface area contributed by atoms with Gasteiger partial charge in [0.2, 0.25) is 0 Å². The van der Waals surface area contributed by atoms with Gasteiger partial charge in [-0.1, -0.05) is 140 Å². The first kappa shape index (κ1) is 28.4. The third-order valence-corrected chi connectivity index (χ3v) is 10.1. The number of hydrogen-bond acceptors (Lipinski definition) is 0. The van der Waals surface area contributed by atoms with Gasteiger partial charge in [-0.05, 0) is 88.0 Å². The second-order valence-corrected chi connectivity index (χ2v) is 13.0. The highest BCUT2D eigenvalue weighted by Gasteiger charge is 2.21. The zero-order valence-corrected chi connectivity index (χ0v) is 27.4. The minimum absolute atomic E-state index is 1.15. The summed E-state index contributed by atoms with van der Waals surface area (Å²) in [7, 11) is 0. The molecule has 0 N–H and O–H groups in total. The van der Waals surface area contributed by atoms with E-state index in [-0.39, 0.29) is 0 Å². The Labute approximate surface area is 290 Å². The van der Waals surface area contributed by atoms with Gasteiger partial charge in [0.05, 0.1) is 22.1 Å². The Morgan fingerprint density at radius 1 is 0.240 bits per heavy atom. The Morgan fingerprint density at radius 3 is 1.22 bits per heavy atom. The molecular weight excluding hydrogens is 605 g/mol. The van der Waals surface area contributed by atoms with Gasteiger partial charge in [-0.2, -0.15) is 0 Å². The van der Waals surface area contributed by atoms with Crippen molar-refractivity contribution in [3.8, 4) is 44.8 Å². The molecule has 2 heteroatoms. The van der Waals surface area contributed by atoms with Crippen LogP contribution >= 0.6 is 0 Å². The molecule has 0 aliphatic rings. The highest BCUT2D eigenvalue weighted by molar-refractivity contribution is 6.29. The van der Waals surface area contributed by atoms with Crippen molar-refractivity contribution in [3.63, 3.8) is 0 Å². The number of rotatable bonds is 5. The van der Waals surface area contributed by atoms with Gasteiger partial charge in [0.25, 0.3) is 0 Å². The molecule has 0 atom stereocenters. The van der Waals surface area contributed by atoms with Crippen molar-refractivity contribution in [1.82, 2.24) is 9.13 Å². The quantitative estimate of drug-likeness (QED) is 0.178. The van der Waals surface area contributed by atoms with E-state index in [2.05, 4.69) is 203 Å². The zero-order valence-electron chi connectivity index (χ0n) is 27.4. The molecule has 2 nitrogen and oxygen atoms in total. The van der Waals surface area contributed by atoms with Crippen LogP contribution in [-0.4, -0.2) is 9.13 Å². The SMILES string of the molecule is c1ccc(-c2ccc(-c3ccc(-n4c5ccccc5c5c6c7cc(-c8ccccc8)ccc7n(-c7ccccc7)c6ccc54)cc3)cc2)cc1. The van der Waals surface area contributed by atoms with E-state index in [1.807, 2.05) is 0 Å². The molecule has 50 heavy (non-hydrogen) atoms. The van der Waals surface area contributed by atoms with Crippen LogP contribution in [0, 0.1) is 0 Å². The molecule has 0 fully saturated rings. The third kappa shape index (κ3) is 4.50. The van der Waals surface area contributed by atoms with E-state index >= 15 is 0 Å². The molecule has 0 saturated carbocycles. The van der Waals surface area contributed by atoms with E-state index in [0.717, 1.165) is 11.4 Å². The van der Waals surface area contributed by atoms with Crippen molar-refractivity contribution in [2.45, 2.75) is 0 Å². The minimum Gasteiger partial charge on any atom is -0.309 e. The molecule has 0 saturated heterocycles. The predicted octanol–water partition coefficient (Wildman–Crippen LogP) is 12.9. The highest BCUT2D eigenvalue weighted by atomic mass is 15.0. The number of nitrogens with zero attached hydrogens (tertiary/aromatic N) is 2. The van der Waals surface area contributed by atoms with E-state index in [9.17, 15) is 0 Å². The fraction of sp³-hybridized carbons (Fsp3) is 0. The van der Waals surface area contributed by atoms with Crippen LogP contribution in [0.1, 0.15) is 0 Å². The smallest absolute Gasteiger partial charge is 0.0548 e. The lowest BCUT2D eigenvalue weighted by Crippen LogP contribution is -1.94. The summed E-state index contributed by atoms with van der Waals surface area (Å²) in [6.07, 6.45) is 0. The highest BCUT2D eigenvalue weighted by Crippen LogP contribution is 2.43. The first-order valence-electron chi connectivity index (χ1n) is 17.2. The zero-order chi connectivity index (χ0) is 33.0. The Balaban J connectivity index is 1.18. The van der Waals surface area contributed by atoms with Gasteiger partial charge in [-0.3, -0.25) is 0 Å². The maximum atomic E-state index is 2.43. The average Bonchev–Trinajstić information content (AvgIpc) is 3.71. The van der Waals surface area contributed by atoms with Gasteiger partial charge in [-0.15, -0.1) is 0 Å². The summed E-state index contributed by atoms with van der Waals surface area (Å²) in [4.78, 5) is 0. The molecule has 0 spiro atoms. The van der Waals surface area contributed by atoms with E-state index in [1.165, 1.54) is 77.0 Å². The summed E-state index contributed by atoms with van der Waals surface area (Å²) in [5.74, 6) is 0. The first-order chi connectivity index (χ1) is 24.8. The van der Waals surface area contributed by atoms with Crippen molar-refractivity contribution < 1.29 is 0 Å². The van der Waals surface area contributed by atoms with Crippen LogP contribution in [0.4, 0.5) is 0 Å². The molecular formula is C48H32N2. The van der Waals surface area contributed by atoms with E-state index in [1.54, 1.807) is 0 Å². The van der Waals surface area contributed by atoms with Crippen molar-refractivity contribution in [3.05, 3.63) is 194 Å². The van der Waals surface area contributed by atoms with Gasteiger partial charge in [0, 0.05) is 32.9 Å². The fourth-order valence-electron chi connectivity index (χ4n) is 7.80. The van der Waals surface area contributed by atoms with Crippen LogP contribution < -0.4 is 0 Å². The largest absolute Gasteiger partial charge is 0.309 e. The van der Waals surface area contributed by atoms with Gasteiger partial charge in [0.15, 0.2) is 0 Å². The maximum Gasteiger partial charge on any atom is 0.0548 e. The van der Waals surface area contributed by atoms with Crippen LogP contribution in [0.25, 0.3) is 88.4 Å². The number of para-hydroxylation sites is 2. The first-order valence-corrected chi connectivity index (χ1v) is 17.2. The predicted molar refractivity (Wildman–Crippen MR) is 211 cm³/mol. The lowest BCUT2D eigenvalue weighted by atomic mass is 10.0. The van der Waals surface area contributed by atoms with Crippen LogP contribution in [-0.2, 0) is 0 Å². The molecule has 0 aliphatic carbocycles. The fourth-order valence-corrected chi connectivity index (χ4v) is 7.80. The summed E-state index contributed by atoms with van der Waals surface area (Å²) in [6.45, 7) is 0. The Morgan fingerprint density at radius 2 is 0.620 bits per heavy atom. The maximum absolute atomic E-state index is 2.43. The van der Waals surface area contributed by atoms with Crippen molar-refractivity contribution in [2.75, 3.05) is 0 Å². The molecule has 0 unspecified atom stereocenters. The summed E-state index contributed by atoms with van der Waals surface area (Å²) < 4.78 is 4.85. The summed E-state index contributed by atoms with van der Waals surface area (Å²) in [6, 6.07) is 70.3. The van der Waals surface area contributed by atoms with Crippen molar-refractivity contribution in [2.24, 2.45) is 0 Å².